The minimum absolute atomic E-state index is 0.126. The fourth-order valence-corrected chi connectivity index (χ4v) is 2.02. The maximum atomic E-state index is 9.77. The SMILES string of the molecule is Oc1ccccc1C=NNc1ccc(O)c2ncccc12. The van der Waals surface area contributed by atoms with Gasteiger partial charge in [-0.1, -0.05) is 12.1 Å². The number of phenols is 2. The second kappa shape index (κ2) is 5.50. The van der Waals surface area contributed by atoms with Gasteiger partial charge in [0.2, 0.25) is 0 Å². The van der Waals surface area contributed by atoms with Gasteiger partial charge >= 0.3 is 0 Å². The smallest absolute Gasteiger partial charge is 0.141 e. The van der Waals surface area contributed by atoms with E-state index in [2.05, 4.69) is 15.5 Å². The summed E-state index contributed by atoms with van der Waals surface area (Å²) in [5, 5.41) is 24.3. The summed E-state index contributed by atoms with van der Waals surface area (Å²) >= 11 is 0. The molecule has 0 bridgehead atoms. The summed E-state index contributed by atoms with van der Waals surface area (Å²) < 4.78 is 0. The molecule has 0 saturated carbocycles. The van der Waals surface area contributed by atoms with Crippen LogP contribution in [-0.4, -0.2) is 21.4 Å². The Bertz CT molecular complexity index is 815. The van der Waals surface area contributed by atoms with Gasteiger partial charge in [-0.15, -0.1) is 0 Å². The third kappa shape index (κ3) is 2.62. The molecular weight excluding hydrogens is 266 g/mol. The molecule has 0 aliphatic carbocycles. The lowest BCUT2D eigenvalue weighted by Crippen LogP contribution is -1.93. The Labute approximate surface area is 121 Å². The summed E-state index contributed by atoms with van der Waals surface area (Å²) in [6, 6.07) is 13.9. The van der Waals surface area contributed by atoms with Crippen LogP contribution in [0.5, 0.6) is 11.5 Å². The molecule has 104 valence electrons. The van der Waals surface area contributed by atoms with Gasteiger partial charge in [-0.25, -0.2) is 0 Å². The molecule has 0 aliphatic rings. The Hall–Kier alpha value is -3.08. The van der Waals surface area contributed by atoms with Gasteiger partial charge in [-0.05, 0) is 36.4 Å². The third-order valence-electron chi connectivity index (χ3n) is 3.07. The van der Waals surface area contributed by atoms with Crippen LogP contribution in [0.1, 0.15) is 5.56 Å². The van der Waals surface area contributed by atoms with Crippen molar-refractivity contribution >= 4 is 22.8 Å². The van der Waals surface area contributed by atoms with E-state index in [-0.39, 0.29) is 11.5 Å². The van der Waals surface area contributed by atoms with Crippen molar-refractivity contribution in [2.24, 2.45) is 5.10 Å². The van der Waals surface area contributed by atoms with Crippen LogP contribution in [0.4, 0.5) is 5.69 Å². The zero-order chi connectivity index (χ0) is 14.7. The van der Waals surface area contributed by atoms with E-state index in [1.807, 2.05) is 12.1 Å². The monoisotopic (exact) mass is 279 g/mol. The summed E-state index contributed by atoms with van der Waals surface area (Å²) in [4.78, 5) is 4.14. The molecule has 3 N–H and O–H groups in total. The van der Waals surface area contributed by atoms with E-state index in [9.17, 15) is 10.2 Å². The molecule has 1 heterocycles. The van der Waals surface area contributed by atoms with Crippen LogP contribution in [0.2, 0.25) is 0 Å². The van der Waals surface area contributed by atoms with Crippen molar-refractivity contribution in [3.8, 4) is 11.5 Å². The van der Waals surface area contributed by atoms with Crippen LogP contribution in [0.15, 0.2) is 59.8 Å². The van der Waals surface area contributed by atoms with Crippen LogP contribution < -0.4 is 5.43 Å². The molecule has 0 atom stereocenters. The Kier molecular flexibility index (Phi) is 3.39. The highest BCUT2D eigenvalue weighted by Crippen LogP contribution is 2.28. The summed E-state index contributed by atoms with van der Waals surface area (Å²) in [5.41, 5.74) is 4.75. The number of aromatic nitrogens is 1. The highest BCUT2D eigenvalue weighted by atomic mass is 16.3. The number of aromatic hydroxyl groups is 2. The maximum Gasteiger partial charge on any atom is 0.141 e. The van der Waals surface area contributed by atoms with Gasteiger partial charge in [0.05, 0.1) is 11.9 Å². The van der Waals surface area contributed by atoms with Crippen LogP contribution in [0.25, 0.3) is 10.9 Å². The van der Waals surface area contributed by atoms with E-state index in [1.54, 1.807) is 42.6 Å². The quantitative estimate of drug-likeness (QED) is 0.391. The molecule has 5 nitrogen and oxygen atoms in total. The van der Waals surface area contributed by atoms with Crippen LogP contribution in [-0.2, 0) is 0 Å². The number of hydrazone groups is 1. The van der Waals surface area contributed by atoms with Crippen molar-refractivity contribution < 1.29 is 10.2 Å². The molecule has 0 amide bonds. The van der Waals surface area contributed by atoms with Crippen molar-refractivity contribution in [3.63, 3.8) is 0 Å². The lowest BCUT2D eigenvalue weighted by Gasteiger charge is -2.06. The van der Waals surface area contributed by atoms with E-state index < -0.39 is 0 Å². The first-order valence-corrected chi connectivity index (χ1v) is 6.39. The lowest BCUT2D eigenvalue weighted by atomic mass is 10.1. The average Bonchev–Trinajstić information content (AvgIpc) is 2.52. The Morgan fingerprint density at radius 3 is 2.67 bits per heavy atom. The molecule has 0 radical (unpaired) electrons. The average molecular weight is 279 g/mol. The lowest BCUT2D eigenvalue weighted by molar-refractivity contribution is 0.474. The second-order valence-electron chi connectivity index (χ2n) is 4.46. The Morgan fingerprint density at radius 1 is 0.952 bits per heavy atom. The maximum absolute atomic E-state index is 9.77. The van der Waals surface area contributed by atoms with Crippen molar-refractivity contribution in [2.45, 2.75) is 0 Å². The van der Waals surface area contributed by atoms with E-state index in [0.29, 0.717) is 11.1 Å². The fraction of sp³-hybridized carbons (Fsp3) is 0. The van der Waals surface area contributed by atoms with Crippen molar-refractivity contribution in [1.29, 1.82) is 0 Å². The predicted molar refractivity (Wildman–Crippen MR) is 82.7 cm³/mol. The van der Waals surface area contributed by atoms with Gasteiger partial charge in [-0.2, -0.15) is 5.10 Å². The Morgan fingerprint density at radius 2 is 1.81 bits per heavy atom. The van der Waals surface area contributed by atoms with Gasteiger partial charge in [0.1, 0.15) is 17.0 Å². The highest BCUT2D eigenvalue weighted by molar-refractivity contribution is 5.95. The number of nitrogens with zero attached hydrogens (tertiary/aromatic N) is 2. The molecule has 0 unspecified atom stereocenters. The van der Waals surface area contributed by atoms with Crippen molar-refractivity contribution in [2.75, 3.05) is 5.43 Å². The molecular formula is C16H13N3O2. The molecule has 5 heteroatoms. The standard InChI is InChI=1S/C16H13N3O2/c20-14-6-2-1-4-11(14)10-18-19-13-7-8-15(21)16-12(13)5-3-9-17-16/h1-10,19-21H. The first kappa shape index (κ1) is 12.9. The van der Waals surface area contributed by atoms with Gasteiger partial charge in [0.25, 0.3) is 0 Å². The van der Waals surface area contributed by atoms with Gasteiger partial charge in [0, 0.05) is 17.1 Å². The summed E-state index contributed by atoms with van der Waals surface area (Å²) in [6.45, 7) is 0. The number of pyridine rings is 1. The normalized spacial score (nSPS) is 11.0. The molecule has 1 aromatic heterocycles. The first-order valence-electron chi connectivity index (χ1n) is 6.39. The second-order valence-corrected chi connectivity index (χ2v) is 4.46. The molecule has 0 aliphatic heterocycles. The topological polar surface area (TPSA) is 77.7 Å². The van der Waals surface area contributed by atoms with E-state index in [0.717, 1.165) is 11.1 Å². The number of rotatable bonds is 3. The Balaban J connectivity index is 1.89. The molecule has 0 fully saturated rings. The molecule has 3 rings (SSSR count). The van der Waals surface area contributed by atoms with Crippen molar-refractivity contribution in [3.05, 3.63) is 60.3 Å². The molecule has 0 spiro atoms. The number of phenolic OH excluding ortho intramolecular Hbond substituents is 2. The number of anilines is 1. The molecule has 0 saturated heterocycles. The van der Waals surface area contributed by atoms with E-state index in [1.165, 1.54) is 6.21 Å². The largest absolute Gasteiger partial charge is 0.507 e. The predicted octanol–water partition coefficient (Wildman–Crippen LogP) is 3.09. The number of fused-ring (bicyclic) bond motifs is 1. The molecule has 21 heavy (non-hydrogen) atoms. The number of nitrogens with one attached hydrogen (secondary N) is 1. The van der Waals surface area contributed by atoms with Crippen LogP contribution in [0, 0.1) is 0 Å². The summed E-state index contributed by atoms with van der Waals surface area (Å²) in [6.07, 6.45) is 3.15. The van der Waals surface area contributed by atoms with E-state index in [4.69, 9.17) is 0 Å². The first-order chi connectivity index (χ1) is 10.3. The minimum atomic E-state index is 0.126. The highest BCUT2D eigenvalue weighted by Gasteiger charge is 2.05. The van der Waals surface area contributed by atoms with Crippen molar-refractivity contribution in [1.82, 2.24) is 4.98 Å². The zero-order valence-corrected chi connectivity index (χ0v) is 11.1. The minimum Gasteiger partial charge on any atom is -0.507 e. The van der Waals surface area contributed by atoms with Gasteiger partial charge in [0.15, 0.2) is 0 Å². The van der Waals surface area contributed by atoms with Crippen LogP contribution in [0.3, 0.4) is 0 Å². The third-order valence-corrected chi connectivity index (χ3v) is 3.07. The number of para-hydroxylation sites is 1. The van der Waals surface area contributed by atoms with E-state index >= 15 is 0 Å². The summed E-state index contributed by atoms with van der Waals surface area (Å²) in [7, 11) is 0. The van der Waals surface area contributed by atoms with Gasteiger partial charge < -0.3 is 10.2 Å². The fourth-order valence-electron chi connectivity index (χ4n) is 2.02. The van der Waals surface area contributed by atoms with Crippen LogP contribution >= 0.6 is 0 Å². The van der Waals surface area contributed by atoms with Gasteiger partial charge in [-0.3, -0.25) is 10.4 Å². The zero-order valence-electron chi connectivity index (χ0n) is 11.1. The number of hydrogen-bond acceptors (Lipinski definition) is 5. The molecule has 3 aromatic rings. The molecule has 2 aromatic carbocycles. The number of benzene rings is 2. The summed E-state index contributed by atoms with van der Waals surface area (Å²) in [5.74, 6) is 0.293. The number of hydrogen-bond donors (Lipinski definition) is 3.